The molecule has 1 aliphatic heterocycles. The minimum absolute atomic E-state index is 0.257. The number of hydrogen-bond acceptors (Lipinski definition) is 6. The second kappa shape index (κ2) is 9.05. The minimum atomic E-state index is -0.257. The van der Waals surface area contributed by atoms with Gasteiger partial charge >= 0.3 is 0 Å². The summed E-state index contributed by atoms with van der Waals surface area (Å²) >= 11 is 0. The molecule has 7 nitrogen and oxygen atoms in total. The Morgan fingerprint density at radius 3 is 2.74 bits per heavy atom. The molecule has 34 heavy (non-hydrogen) atoms. The molecule has 1 saturated heterocycles. The van der Waals surface area contributed by atoms with Crippen molar-refractivity contribution in [3.8, 4) is 5.69 Å². The molecule has 1 fully saturated rings. The highest BCUT2D eigenvalue weighted by Crippen LogP contribution is 2.31. The largest absolute Gasteiger partial charge is 0.489 e. The van der Waals surface area contributed by atoms with E-state index in [1.54, 1.807) is 18.5 Å². The van der Waals surface area contributed by atoms with Crippen LogP contribution in [-0.4, -0.2) is 39.2 Å². The highest BCUT2D eigenvalue weighted by Gasteiger charge is 2.25. The van der Waals surface area contributed by atoms with E-state index in [0.29, 0.717) is 24.5 Å². The van der Waals surface area contributed by atoms with Gasteiger partial charge in [-0.05, 0) is 55.8 Å². The number of nitrogens with zero attached hydrogens (tertiary/aromatic N) is 5. The summed E-state index contributed by atoms with van der Waals surface area (Å²) in [6.45, 7) is 10.3. The molecule has 4 aromatic rings. The monoisotopic (exact) mass is 459 g/mol. The molecule has 5 rings (SSSR count). The molecular weight excluding hydrogens is 433 g/mol. The average Bonchev–Trinajstić information content (AvgIpc) is 3.50. The Kier molecular flexibility index (Phi) is 5.79. The van der Waals surface area contributed by atoms with E-state index in [1.807, 2.05) is 35.9 Å². The van der Waals surface area contributed by atoms with Crippen molar-refractivity contribution < 1.29 is 13.5 Å². The van der Waals surface area contributed by atoms with Crippen molar-refractivity contribution in [2.24, 2.45) is 0 Å². The molecule has 0 aliphatic carbocycles. The van der Waals surface area contributed by atoms with Crippen LogP contribution in [-0.2, 0) is 4.74 Å². The molecule has 174 valence electrons. The number of oxazole rings is 1. The number of morpholine rings is 1. The lowest BCUT2D eigenvalue weighted by molar-refractivity contribution is 0.123. The van der Waals surface area contributed by atoms with Gasteiger partial charge in [-0.3, -0.25) is 10.0 Å². The van der Waals surface area contributed by atoms with Gasteiger partial charge in [0, 0.05) is 18.3 Å². The first-order chi connectivity index (χ1) is 16.5. The van der Waals surface area contributed by atoms with Gasteiger partial charge in [0.1, 0.15) is 23.7 Å². The summed E-state index contributed by atoms with van der Waals surface area (Å²) in [5.41, 5.74) is 5.69. The third kappa shape index (κ3) is 4.03. The maximum absolute atomic E-state index is 13.5. The van der Waals surface area contributed by atoms with Crippen LogP contribution in [0.1, 0.15) is 24.6 Å². The van der Waals surface area contributed by atoms with Gasteiger partial charge in [-0.25, -0.2) is 14.4 Å². The normalized spacial score (nSPS) is 15.2. The maximum Gasteiger partial charge on any atom is 0.182 e. The van der Waals surface area contributed by atoms with Gasteiger partial charge in [0.05, 0.1) is 35.6 Å². The molecule has 2 aromatic carbocycles. The van der Waals surface area contributed by atoms with E-state index in [2.05, 4.69) is 33.5 Å². The summed E-state index contributed by atoms with van der Waals surface area (Å²) < 4.78 is 27.2. The Labute approximate surface area is 197 Å². The van der Waals surface area contributed by atoms with Crippen LogP contribution in [0.25, 0.3) is 22.9 Å². The lowest BCUT2D eigenvalue weighted by Crippen LogP contribution is -2.47. The van der Waals surface area contributed by atoms with E-state index >= 15 is 0 Å². The fourth-order valence-corrected chi connectivity index (χ4v) is 4.17. The van der Waals surface area contributed by atoms with Gasteiger partial charge in [-0.1, -0.05) is 13.5 Å². The first-order valence-electron chi connectivity index (χ1n) is 11.3. The average molecular weight is 460 g/mol. The summed E-state index contributed by atoms with van der Waals surface area (Å²) in [5, 5.41) is 4.21. The number of anilines is 1. The standard InChI is InChI=1S/C26H26FN5O2/c1-4-11-32(22-8-6-21(27)7-9-22)31-12-13-33-24(19(31)3)14-20-5-10-23(25-26(20)34-17-29-25)30-15-18(2)28-16-30/h5-10,14-17H,3-4,11-13H2,1-2H3/b24-14-. The quantitative estimate of drug-likeness (QED) is 0.381. The minimum Gasteiger partial charge on any atom is -0.489 e. The molecule has 0 radical (unpaired) electrons. The van der Waals surface area contributed by atoms with Crippen molar-refractivity contribution in [3.63, 3.8) is 0 Å². The number of ether oxygens (including phenoxy) is 1. The number of aryl methyl sites for hydroxylation is 1. The van der Waals surface area contributed by atoms with E-state index in [0.717, 1.165) is 46.8 Å². The zero-order chi connectivity index (χ0) is 23.7. The summed E-state index contributed by atoms with van der Waals surface area (Å²) in [6, 6.07) is 10.5. The number of benzene rings is 2. The topological polar surface area (TPSA) is 59.6 Å². The van der Waals surface area contributed by atoms with Crippen molar-refractivity contribution in [2.75, 3.05) is 24.7 Å². The predicted octanol–water partition coefficient (Wildman–Crippen LogP) is 5.48. The number of rotatable bonds is 6. The molecule has 0 spiro atoms. The molecule has 1 aliphatic rings. The van der Waals surface area contributed by atoms with E-state index < -0.39 is 0 Å². The second-order valence-corrected chi connectivity index (χ2v) is 8.15. The van der Waals surface area contributed by atoms with Gasteiger partial charge < -0.3 is 13.7 Å². The summed E-state index contributed by atoms with van der Waals surface area (Å²) in [7, 11) is 0. The van der Waals surface area contributed by atoms with Crippen molar-refractivity contribution in [1.82, 2.24) is 19.5 Å². The molecule has 3 heterocycles. The van der Waals surface area contributed by atoms with Crippen molar-refractivity contribution >= 4 is 22.9 Å². The first kappa shape index (κ1) is 21.8. The molecule has 0 N–H and O–H groups in total. The van der Waals surface area contributed by atoms with Crippen LogP contribution in [0.15, 0.2) is 77.8 Å². The van der Waals surface area contributed by atoms with Crippen LogP contribution in [0.5, 0.6) is 0 Å². The van der Waals surface area contributed by atoms with E-state index in [1.165, 1.54) is 18.5 Å². The van der Waals surface area contributed by atoms with E-state index in [4.69, 9.17) is 9.15 Å². The van der Waals surface area contributed by atoms with Crippen LogP contribution >= 0.6 is 0 Å². The molecule has 2 aromatic heterocycles. The van der Waals surface area contributed by atoms with Gasteiger partial charge in [-0.15, -0.1) is 0 Å². The van der Waals surface area contributed by atoms with Gasteiger partial charge in [-0.2, -0.15) is 0 Å². The molecule has 0 amide bonds. The third-order valence-corrected chi connectivity index (χ3v) is 5.78. The first-order valence-corrected chi connectivity index (χ1v) is 11.3. The van der Waals surface area contributed by atoms with E-state index in [-0.39, 0.29) is 5.82 Å². The number of hydrogen-bond donors (Lipinski definition) is 0. The third-order valence-electron chi connectivity index (χ3n) is 5.78. The number of hydrazine groups is 1. The number of halogens is 1. The zero-order valence-corrected chi connectivity index (χ0v) is 19.2. The van der Waals surface area contributed by atoms with Crippen molar-refractivity contribution in [2.45, 2.75) is 20.3 Å². The molecule has 0 bridgehead atoms. The Morgan fingerprint density at radius 2 is 2.00 bits per heavy atom. The molecule has 8 heteroatoms. The van der Waals surface area contributed by atoms with E-state index in [9.17, 15) is 4.39 Å². The number of fused-ring (bicyclic) bond motifs is 1. The lowest BCUT2D eigenvalue weighted by Gasteiger charge is -2.42. The fourth-order valence-electron chi connectivity index (χ4n) is 4.17. The Morgan fingerprint density at radius 1 is 1.18 bits per heavy atom. The zero-order valence-electron chi connectivity index (χ0n) is 19.2. The van der Waals surface area contributed by atoms with Crippen LogP contribution in [0.3, 0.4) is 0 Å². The van der Waals surface area contributed by atoms with Gasteiger partial charge in [0.2, 0.25) is 0 Å². The molecule has 0 unspecified atom stereocenters. The van der Waals surface area contributed by atoms with Gasteiger partial charge in [0.25, 0.3) is 0 Å². The highest BCUT2D eigenvalue weighted by atomic mass is 19.1. The van der Waals surface area contributed by atoms with Crippen LogP contribution < -0.4 is 5.01 Å². The second-order valence-electron chi connectivity index (χ2n) is 8.15. The van der Waals surface area contributed by atoms with Crippen LogP contribution in [0.2, 0.25) is 0 Å². The molecular formula is C26H26FN5O2. The number of imidazole rings is 1. The van der Waals surface area contributed by atoms with Crippen molar-refractivity contribution in [3.05, 3.63) is 90.4 Å². The lowest BCUT2D eigenvalue weighted by atomic mass is 10.1. The number of aromatic nitrogens is 3. The van der Waals surface area contributed by atoms with Gasteiger partial charge in [0.15, 0.2) is 12.0 Å². The summed E-state index contributed by atoms with van der Waals surface area (Å²) in [5.74, 6) is 0.394. The Balaban J connectivity index is 1.48. The highest BCUT2D eigenvalue weighted by molar-refractivity contribution is 5.89. The SMILES string of the molecule is C=C1/C(=C/c2ccc(-n3cnc(C)c3)c3ncoc23)OCCN1N(CCC)c1ccc(F)cc1. The predicted molar refractivity (Wildman–Crippen MR) is 130 cm³/mol. The van der Waals surface area contributed by atoms with Crippen LogP contribution in [0, 0.1) is 12.7 Å². The fraction of sp³-hybridized carbons (Fsp3) is 0.231. The maximum atomic E-state index is 13.5. The smallest absolute Gasteiger partial charge is 0.182 e. The Hall–Kier alpha value is -4.07. The molecule has 0 atom stereocenters. The van der Waals surface area contributed by atoms with Crippen LogP contribution in [0.4, 0.5) is 10.1 Å². The Bertz CT molecular complexity index is 1360. The summed E-state index contributed by atoms with van der Waals surface area (Å²) in [6.07, 6.45) is 8.01. The molecule has 0 saturated carbocycles. The van der Waals surface area contributed by atoms with Crippen molar-refractivity contribution in [1.29, 1.82) is 0 Å². The summed E-state index contributed by atoms with van der Waals surface area (Å²) in [4.78, 5) is 8.74.